The zero-order valence-electron chi connectivity index (χ0n) is 26.8. The third-order valence-corrected chi connectivity index (χ3v) is 10.8. The lowest BCUT2D eigenvalue weighted by atomic mass is 9.98. The maximum Gasteiger partial charge on any atom is 0.160 e. The van der Waals surface area contributed by atoms with Gasteiger partial charge in [-0.1, -0.05) is 103 Å². The molecule has 12 aromatic rings. The Hall–Kier alpha value is -6.78. The maximum atomic E-state index is 5.13. The lowest BCUT2D eigenvalue weighted by Gasteiger charge is -2.12. The second-order valence-electron chi connectivity index (χ2n) is 13.4. The fourth-order valence-electron chi connectivity index (χ4n) is 8.71. The molecule has 0 radical (unpaired) electrons. The van der Waals surface area contributed by atoms with E-state index < -0.39 is 0 Å². The highest BCUT2D eigenvalue weighted by Crippen LogP contribution is 2.47. The highest BCUT2D eigenvalue weighted by Gasteiger charge is 2.24. The van der Waals surface area contributed by atoms with Crippen LogP contribution >= 0.6 is 0 Å². The van der Waals surface area contributed by atoms with E-state index in [1.54, 1.807) is 0 Å². The Labute approximate surface area is 285 Å². The minimum absolute atomic E-state index is 0.725. The highest BCUT2D eigenvalue weighted by atomic mass is 15.0. The molecule has 50 heavy (non-hydrogen) atoms. The van der Waals surface area contributed by atoms with Crippen molar-refractivity contribution in [1.29, 1.82) is 0 Å². The number of rotatable bonds is 3. The Kier molecular flexibility index (Phi) is 4.94. The van der Waals surface area contributed by atoms with Crippen molar-refractivity contribution >= 4 is 81.6 Å². The van der Waals surface area contributed by atoms with E-state index in [1.807, 2.05) is 12.1 Å². The molecule has 230 valence electrons. The molecule has 12 rings (SSSR count). The number of fused-ring (bicyclic) bond motifs is 5. The van der Waals surface area contributed by atoms with Crippen molar-refractivity contribution < 1.29 is 0 Å². The van der Waals surface area contributed by atoms with Crippen LogP contribution < -0.4 is 0 Å². The minimum Gasteiger partial charge on any atom is -0.309 e. The summed E-state index contributed by atoms with van der Waals surface area (Å²) in [5.74, 6) is 0.725. The molecule has 4 heterocycles. The van der Waals surface area contributed by atoms with Crippen LogP contribution in [0, 0.1) is 0 Å². The van der Waals surface area contributed by atoms with Crippen LogP contribution in [0.1, 0.15) is 0 Å². The van der Waals surface area contributed by atoms with Crippen molar-refractivity contribution in [3.05, 3.63) is 158 Å². The van der Waals surface area contributed by atoms with Crippen LogP contribution in [0.2, 0.25) is 0 Å². The van der Waals surface area contributed by atoms with E-state index in [1.165, 1.54) is 70.7 Å². The number of hydrogen-bond donors (Lipinski definition) is 0. The summed E-state index contributed by atoms with van der Waals surface area (Å²) in [5.41, 5.74) is 11.3. The van der Waals surface area contributed by atoms with Gasteiger partial charge in [0, 0.05) is 54.5 Å². The van der Waals surface area contributed by atoms with E-state index in [4.69, 9.17) is 9.97 Å². The Bertz CT molecular complexity index is 3300. The summed E-state index contributed by atoms with van der Waals surface area (Å²) in [4.78, 5) is 10.2. The quantitative estimate of drug-likeness (QED) is 0.194. The fourth-order valence-corrected chi connectivity index (χ4v) is 8.71. The Balaban J connectivity index is 1.14. The van der Waals surface area contributed by atoms with Gasteiger partial charge >= 0.3 is 0 Å². The van der Waals surface area contributed by atoms with Crippen LogP contribution in [0.15, 0.2) is 158 Å². The molecular weight excluding hydrogens is 609 g/mol. The van der Waals surface area contributed by atoms with Crippen LogP contribution in [0.3, 0.4) is 0 Å². The van der Waals surface area contributed by atoms with Crippen molar-refractivity contribution in [3.8, 4) is 28.3 Å². The minimum atomic E-state index is 0.725. The molecule has 0 fully saturated rings. The van der Waals surface area contributed by atoms with Crippen LogP contribution in [-0.2, 0) is 0 Å². The molecule has 4 aromatic heterocycles. The van der Waals surface area contributed by atoms with E-state index in [0.717, 1.165) is 39.2 Å². The van der Waals surface area contributed by atoms with E-state index in [2.05, 4.69) is 155 Å². The van der Waals surface area contributed by atoms with Crippen LogP contribution in [-0.4, -0.2) is 18.9 Å². The van der Waals surface area contributed by atoms with Gasteiger partial charge in [0.1, 0.15) is 0 Å². The molecular formula is C46H26N4. The standard InChI is InChI=1S/C46H26N4/c1-2-9-29(10-3-1)44-34-13-4-6-14-35(34)47-46(48-44)30-17-22-31(23-18-30)49-38-25-20-27-11-8-16-37-40(27)42(38)43-39(49)26-21-28-19-24-33-32-12-5-7-15-36(32)50(37)45(33)41(28)43/h1-26H. The number of benzene rings is 8. The number of aromatic nitrogens is 4. The van der Waals surface area contributed by atoms with Gasteiger partial charge in [0.2, 0.25) is 0 Å². The van der Waals surface area contributed by atoms with Crippen LogP contribution in [0.5, 0.6) is 0 Å². The van der Waals surface area contributed by atoms with Crippen molar-refractivity contribution in [2.45, 2.75) is 0 Å². The first-order valence-corrected chi connectivity index (χ1v) is 17.1. The van der Waals surface area contributed by atoms with Gasteiger partial charge in [-0.15, -0.1) is 0 Å². The molecule has 4 heteroatoms. The summed E-state index contributed by atoms with van der Waals surface area (Å²) in [6.45, 7) is 0. The van der Waals surface area contributed by atoms with Gasteiger partial charge in [-0.05, 0) is 65.4 Å². The number of nitrogens with zero attached hydrogens (tertiary/aromatic N) is 4. The van der Waals surface area contributed by atoms with Gasteiger partial charge in [0.25, 0.3) is 0 Å². The van der Waals surface area contributed by atoms with Crippen LogP contribution in [0.4, 0.5) is 0 Å². The molecule has 0 spiro atoms. The normalized spacial score (nSPS) is 12.4. The Morgan fingerprint density at radius 3 is 1.90 bits per heavy atom. The second kappa shape index (κ2) is 9.43. The lowest BCUT2D eigenvalue weighted by Crippen LogP contribution is -1.97. The van der Waals surface area contributed by atoms with Crippen molar-refractivity contribution in [2.75, 3.05) is 0 Å². The summed E-state index contributed by atoms with van der Waals surface area (Å²) in [6, 6.07) is 56.8. The molecule has 0 unspecified atom stereocenters. The summed E-state index contributed by atoms with van der Waals surface area (Å²) >= 11 is 0. The van der Waals surface area contributed by atoms with Gasteiger partial charge in [0.05, 0.1) is 38.8 Å². The average Bonchev–Trinajstić information content (AvgIpc) is 3.66. The zero-order chi connectivity index (χ0) is 32.5. The predicted molar refractivity (Wildman–Crippen MR) is 208 cm³/mol. The predicted octanol–water partition coefficient (Wildman–Crippen LogP) is 11.8. The smallest absolute Gasteiger partial charge is 0.160 e. The number of hydrogen-bond acceptors (Lipinski definition) is 2. The molecule has 0 saturated heterocycles. The summed E-state index contributed by atoms with van der Waals surface area (Å²) in [5, 5.41) is 11.4. The first kappa shape index (κ1) is 26.2. The lowest BCUT2D eigenvalue weighted by molar-refractivity contribution is 1.17. The molecule has 4 nitrogen and oxygen atoms in total. The van der Waals surface area contributed by atoms with Crippen molar-refractivity contribution in [1.82, 2.24) is 18.9 Å². The summed E-state index contributed by atoms with van der Waals surface area (Å²) in [7, 11) is 0. The zero-order valence-corrected chi connectivity index (χ0v) is 26.8. The van der Waals surface area contributed by atoms with Gasteiger partial charge in [-0.3, -0.25) is 0 Å². The molecule has 0 aliphatic rings. The molecule has 0 aliphatic heterocycles. The van der Waals surface area contributed by atoms with E-state index in [9.17, 15) is 0 Å². The summed E-state index contributed by atoms with van der Waals surface area (Å²) in [6.07, 6.45) is 0. The summed E-state index contributed by atoms with van der Waals surface area (Å²) < 4.78 is 4.96. The molecule has 0 saturated carbocycles. The first-order valence-electron chi connectivity index (χ1n) is 17.1. The van der Waals surface area contributed by atoms with Gasteiger partial charge in [-0.25, -0.2) is 9.97 Å². The monoisotopic (exact) mass is 634 g/mol. The largest absolute Gasteiger partial charge is 0.309 e. The highest BCUT2D eigenvalue weighted by molar-refractivity contribution is 6.37. The van der Waals surface area contributed by atoms with E-state index in [0.29, 0.717) is 0 Å². The second-order valence-corrected chi connectivity index (χ2v) is 13.4. The Morgan fingerprint density at radius 1 is 0.380 bits per heavy atom. The van der Waals surface area contributed by atoms with E-state index in [-0.39, 0.29) is 0 Å². The Morgan fingerprint density at radius 2 is 1.06 bits per heavy atom. The molecule has 0 atom stereocenters. The van der Waals surface area contributed by atoms with Crippen molar-refractivity contribution in [2.24, 2.45) is 0 Å². The van der Waals surface area contributed by atoms with Gasteiger partial charge in [0.15, 0.2) is 5.82 Å². The van der Waals surface area contributed by atoms with Crippen molar-refractivity contribution in [3.63, 3.8) is 0 Å². The molecule has 0 amide bonds. The third-order valence-electron chi connectivity index (χ3n) is 10.8. The van der Waals surface area contributed by atoms with E-state index >= 15 is 0 Å². The number of para-hydroxylation sites is 2. The molecule has 0 aliphatic carbocycles. The topological polar surface area (TPSA) is 35.1 Å². The SMILES string of the molecule is c1ccc(-c2nc(-c3ccc(-n4c5ccc6cccc7c6c5c5c6c(ccc8c9ccccc9n7c86)ccc54)cc3)nc3ccccc23)cc1. The molecule has 8 aromatic carbocycles. The third kappa shape index (κ3) is 3.30. The van der Waals surface area contributed by atoms with Crippen LogP contribution in [0.25, 0.3) is 110 Å². The first-order chi connectivity index (χ1) is 24.8. The van der Waals surface area contributed by atoms with Gasteiger partial charge < -0.3 is 8.97 Å². The molecule has 0 bridgehead atoms. The molecule has 0 N–H and O–H groups in total. The fraction of sp³-hybridized carbons (Fsp3) is 0. The average molecular weight is 635 g/mol. The van der Waals surface area contributed by atoms with Gasteiger partial charge in [-0.2, -0.15) is 0 Å². The maximum absolute atomic E-state index is 5.13.